The zero-order valence-corrected chi connectivity index (χ0v) is 11.2. The van der Waals surface area contributed by atoms with Crippen LogP contribution >= 0.6 is 22.9 Å². The molecule has 0 bridgehead atoms. The van der Waals surface area contributed by atoms with Crippen molar-refractivity contribution in [1.29, 1.82) is 0 Å². The van der Waals surface area contributed by atoms with Crippen LogP contribution < -0.4 is 16.6 Å². The van der Waals surface area contributed by atoms with E-state index in [1.807, 2.05) is 32.9 Å². The molecule has 0 saturated heterocycles. The van der Waals surface area contributed by atoms with Crippen LogP contribution in [0.15, 0.2) is 17.1 Å². The minimum absolute atomic E-state index is 0.0369. The molecule has 0 saturated carbocycles. The normalized spacial score (nSPS) is 14.0. The Morgan fingerprint density at radius 1 is 1.44 bits per heavy atom. The summed E-state index contributed by atoms with van der Waals surface area (Å²) in [6, 6.07) is 4.17. The van der Waals surface area contributed by atoms with Gasteiger partial charge >= 0.3 is 0 Å². The van der Waals surface area contributed by atoms with E-state index in [1.165, 1.54) is 11.3 Å². The first-order valence-corrected chi connectivity index (χ1v) is 6.28. The molecule has 0 amide bonds. The molecule has 0 aliphatic rings. The van der Waals surface area contributed by atoms with Crippen molar-refractivity contribution in [1.82, 2.24) is 10.7 Å². The Hall–Kier alpha value is -0.780. The molecule has 0 radical (unpaired) electrons. The van der Waals surface area contributed by atoms with E-state index >= 15 is 0 Å². The van der Waals surface area contributed by atoms with Crippen molar-refractivity contribution in [3.05, 3.63) is 21.3 Å². The summed E-state index contributed by atoms with van der Waals surface area (Å²) >= 11 is 7.40. The van der Waals surface area contributed by atoms with Gasteiger partial charge < -0.3 is 5.32 Å². The molecule has 1 aromatic rings. The fraction of sp³-hybridized carbons (Fsp3) is 0.500. The van der Waals surface area contributed by atoms with E-state index in [2.05, 4.69) is 15.7 Å². The molecule has 0 spiro atoms. The number of halogens is 1. The number of guanidine groups is 1. The third-order valence-corrected chi connectivity index (χ3v) is 3.29. The molecule has 0 aliphatic heterocycles. The number of aliphatic imine (C=N–C) groups is 1. The highest BCUT2D eigenvalue weighted by Crippen LogP contribution is 2.28. The number of nitrogens with zero attached hydrogens (tertiary/aromatic N) is 1. The average Bonchev–Trinajstić information content (AvgIpc) is 2.63. The van der Waals surface area contributed by atoms with E-state index in [4.69, 9.17) is 17.4 Å². The minimum Gasteiger partial charge on any atom is -0.353 e. The molecular weight excluding hydrogens is 244 g/mol. The van der Waals surface area contributed by atoms with Crippen molar-refractivity contribution in [2.24, 2.45) is 10.8 Å². The van der Waals surface area contributed by atoms with Gasteiger partial charge in [-0.3, -0.25) is 5.43 Å². The Bertz CT molecular complexity index is 361. The second-order valence-electron chi connectivity index (χ2n) is 3.74. The van der Waals surface area contributed by atoms with Gasteiger partial charge in [0.25, 0.3) is 0 Å². The maximum Gasteiger partial charge on any atom is 0.206 e. The molecule has 90 valence electrons. The van der Waals surface area contributed by atoms with E-state index < -0.39 is 0 Å². The SMILES string of the molecule is CC(C)NC(=NC(C)c1ccc(Cl)s1)NN. The number of hydrogen-bond donors (Lipinski definition) is 3. The van der Waals surface area contributed by atoms with Crippen LogP contribution in [0.4, 0.5) is 0 Å². The van der Waals surface area contributed by atoms with Crippen LogP contribution in [-0.4, -0.2) is 12.0 Å². The lowest BCUT2D eigenvalue weighted by Crippen LogP contribution is -2.44. The lowest BCUT2D eigenvalue weighted by atomic mass is 10.3. The third-order valence-electron chi connectivity index (χ3n) is 1.89. The topological polar surface area (TPSA) is 62.4 Å². The Morgan fingerprint density at radius 3 is 2.56 bits per heavy atom. The zero-order chi connectivity index (χ0) is 12.1. The highest BCUT2D eigenvalue weighted by molar-refractivity contribution is 7.16. The molecule has 1 rings (SSSR count). The highest BCUT2D eigenvalue weighted by atomic mass is 35.5. The molecule has 16 heavy (non-hydrogen) atoms. The van der Waals surface area contributed by atoms with Crippen LogP contribution in [0.5, 0.6) is 0 Å². The summed E-state index contributed by atoms with van der Waals surface area (Å²) in [7, 11) is 0. The Balaban J connectivity index is 2.72. The number of rotatable bonds is 3. The van der Waals surface area contributed by atoms with Crippen LogP contribution in [0.25, 0.3) is 0 Å². The van der Waals surface area contributed by atoms with E-state index in [0.29, 0.717) is 5.96 Å². The molecule has 6 heteroatoms. The molecule has 1 heterocycles. The molecule has 0 aromatic carbocycles. The van der Waals surface area contributed by atoms with E-state index in [9.17, 15) is 0 Å². The van der Waals surface area contributed by atoms with Crippen LogP contribution in [0, 0.1) is 0 Å². The second kappa shape index (κ2) is 6.08. The lowest BCUT2D eigenvalue weighted by Gasteiger charge is -2.14. The minimum atomic E-state index is 0.0369. The Kier molecular flexibility index (Phi) is 5.05. The lowest BCUT2D eigenvalue weighted by molar-refractivity contribution is 0.690. The van der Waals surface area contributed by atoms with Gasteiger partial charge in [-0.2, -0.15) is 0 Å². The van der Waals surface area contributed by atoms with Crippen molar-refractivity contribution in [2.75, 3.05) is 0 Å². The summed E-state index contributed by atoms with van der Waals surface area (Å²) in [6.07, 6.45) is 0. The third kappa shape index (κ3) is 4.00. The van der Waals surface area contributed by atoms with Gasteiger partial charge in [-0.15, -0.1) is 11.3 Å². The van der Waals surface area contributed by atoms with Crippen molar-refractivity contribution in [2.45, 2.75) is 32.9 Å². The van der Waals surface area contributed by atoms with Gasteiger partial charge in [0.15, 0.2) is 0 Å². The van der Waals surface area contributed by atoms with Gasteiger partial charge in [-0.25, -0.2) is 10.8 Å². The monoisotopic (exact) mass is 260 g/mol. The maximum absolute atomic E-state index is 5.87. The number of hydrogen-bond acceptors (Lipinski definition) is 3. The Labute approximate surface area is 105 Å². The van der Waals surface area contributed by atoms with Crippen LogP contribution in [0.2, 0.25) is 4.34 Å². The molecule has 0 fully saturated rings. The summed E-state index contributed by atoms with van der Waals surface area (Å²) in [4.78, 5) is 5.55. The van der Waals surface area contributed by atoms with E-state index in [0.717, 1.165) is 9.21 Å². The van der Waals surface area contributed by atoms with Crippen molar-refractivity contribution >= 4 is 28.9 Å². The molecule has 4 N–H and O–H groups in total. The van der Waals surface area contributed by atoms with Gasteiger partial charge in [-0.05, 0) is 32.9 Å². The van der Waals surface area contributed by atoms with Crippen molar-refractivity contribution in [3.63, 3.8) is 0 Å². The summed E-state index contributed by atoms with van der Waals surface area (Å²) in [5.41, 5.74) is 2.55. The van der Waals surface area contributed by atoms with Crippen LogP contribution in [-0.2, 0) is 0 Å². The number of nitrogens with one attached hydrogen (secondary N) is 2. The van der Waals surface area contributed by atoms with Crippen molar-refractivity contribution in [3.8, 4) is 0 Å². The standard InChI is InChI=1S/C10H17ClN4S/c1-6(2)13-10(15-12)14-7(3)8-4-5-9(11)16-8/h4-7H,12H2,1-3H3,(H2,13,14,15). The van der Waals surface area contributed by atoms with Gasteiger partial charge in [0, 0.05) is 10.9 Å². The number of nitrogens with two attached hydrogens (primary N) is 1. The predicted molar refractivity (Wildman–Crippen MR) is 70.8 cm³/mol. The summed E-state index contributed by atoms with van der Waals surface area (Å²) in [5.74, 6) is 5.98. The highest BCUT2D eigenvalue weighted by Gasteiger charge is 2.08. The fourth-order valence-electron chi connectivity index (χ4n) is 1.20. The predicted octanol–water partition coefficient (Wildman–Crippen LogP) is 2.28. The van der Waals surface area contributed by atoms with Gasteiger partial charge in [-0.1, -0.05) is 11.6 Å². The van der Waals surface area contributed by atoms with Gasteiger partial charge in [0.1, 0.15) is 0 Å². The van der Waals surface area contributed by atoms with Crippen molar-refractivity contribution < 1.29 is 0 Å². The molecule has 4 nitrogen and oxygen atoms in total. The van der Waals surface area contributed by atoms with Gasteiger partial charge in [0.2, 0.25) is 5.96 Å². The smallest absolute Gasteiger partial charge is 0.206 e. The molecule has 1 unspecified atom stereocenters. The molecule has 0 aliphatic carbocycles. The van der Waals surface area contributed by atoms with Crippen LogP contribution in [0.3, 0.4) is 0 Å². The summed E-state index contributed by atoms with van der Waals surface area (Å²) in [5, 5.41) is 3.12. The van der Waals surface area contributed by atoms with E-state index in [1.54, 1.807) is 0 Å². The largest absolute Gasteiger partial charge is 0.353 e. The first kappa shape index (κ1) is 13.3. The summed E-state index contributed by atoms with van der Waals surface area (Å²) in [6.45, 7) is 6.06. The second-order valence-corrected chi connectivity index (χ2v) is 5.49. The number of hydrazine groups is 1. The molecular formula is C10H17ClN4S. The molecule has 1 aromatic heterocycles. The first-order chi connectivity index (χ1) is 7.52. The number of thiophene rings is 1. The summed E-state index contributed by atoms with van der Waals surface area (Å²) < 4.78 is 0.774. The molecule has 1 atom stereocenters. The average molecular weight is 261 g/mol. The Morgan fingerprint density at radius 2 is 2.12 bits per heavy atom. The zero-order valence-electron chi connectivity index (χ0n) is 9.62. The van der Waals surface area contributed by atoms with Gasteiger partial charge in [0.05, 0.1) is 10.4 Å². The van der Waals surface area contributed by atoms with Crippen LogP contribution in [0.1, 0.15) is 31.7 Å². The fourth-order valence-corrected chi connectivity index (χ4v) is 2.25. The van der Waals surface area contributed by atoms with E-state index in [-0.39, 0.29) is 12.1 Å². The quantitative estimate of drug-likeness (QED) is 0.338. The first-order valence-electron chi connectivity index (χ1n) is 5.09. The maximum atomic E-state index is 5.87.